The van der Waals surface area contributed by atoms with Crippen LogP contribution in [0.1, 0.15) is 24.0 Å². The van der Waals surface area contributed by atoms with Gasteiger partial charge in [-0.25, -0.2) is 0 Å². The Morgan fingerprint density at radius 1 is 0.971 bits per heavy atom. The summed E-state index contributed by atoms with van der Waals surface area (Å²) in [6, 6.07) is 14.0. The molecule has 0 spiro atoms. The van der Waals surface area contributed by atoms with E-state index >= 15 is 0 Å². The van der Waals surface area contributed by atoms with Crippen LogP contribution >= 0.6 is 0 Å². The smallest absolute Gasteiger partial charge is 0.353 e. The highest BCUT2D eigenvalue weighted by molar-refractivity contribution is 5.89. The maximum absolute atomic E-state index is 12.9. The van der Waals surface area contributed by atoms with Crippen LogP contribution in [0.4, 0.5) is 30.6 Å². The molecule has 1 atom stereocenters. The highest BCUT2D eigenvalue weighted by Crippen LogP contribution is 2.31. The number of alkyl halides is 3. The molecule has 1 unspecified atom stereocenters. The number of hydrogen-bond acceptors (Lipinski definition) is 8. The van der Waals surface area contributed by atoms with E-state index in [4.69, 9.17) is 0 Å². The Kier molecular flexibility index (Phi) is 6.13. The minimum atomic E-state index is -4.47. The molecule has 0 amide bonds. The van der Waals surface area contributed by atoms with E-state index < -0.39 is 17.8 Å². The Balaban J connectivity index is 1.66. The Morgan fingerprint density at radius 2 is 1.65 bits per heavy atom. The summed E-state index contributed by atoms with van der Waals surface area (Å²) in [6.45, 7) is 2.42. The first-order valence-electron chi connectivity index (χ1n) is 10.2. The SMILES string of the molecule is CC(CNc1nc(Nc2ccc(C(F)(F)F)cc2)c2cnn(C(O)(O)O)c2n1)c1ccccc1. The molecule has 5 N–H and O–H groups in total. The van der Waals surface area contributed by atoms with Crippen molar-refractivity contribution in [3.8, 4) is 0 Å². The number of aliphatic hydroxyl groups is 3. The predicted molar refractivity (Wildman–Crippen MR) is 118 cm³/mol. The number of nitrogens with one attached hydrogen (secondary N) is 2. The van der Waals surface area contributed by atoms with E-state index in [9.17, 15) is 28.5 Å². The minimum Gasteiger partial charge on any atom is -0.353 e. The molecule has 12 heteroatoms. The molecular formula is C22H21F3N6O3. The number of anilines is 3. The van der Waals surface area contributed by atoms with Crippen molar-refractivity contribution in [3.63, 3.8) is 0 Å². The van der Waals surface area contributed by atoms with E-state index in [0.29, 0.717) is 16.9 Å². The molecule has 0 aliphatic rings. The second-order valence-electron chi connectivity index (χ2n) is 7.68. The van der Waals surface area contributed by atoms with Gasteiger partial charge < -0.3 is 26.0 Å². The monoisotopic (exact) mass is 474 g/mol. The van der Waals surface area contributed by atoms with Gasteiger partial charge in [0.1, 0.15) is 5.82 Å². The van der Waals surface area contributed by atoms with Crippen LogP contribution in [0.15, 0.2) is 60.8 Å². The average Bonchev–Trinajstić information content (AvgIpc) is 3.23. The van der Waals surface area contributed by atoms with Crippen molar-refractivity contribution in [1.82, 2.24) is 19.7 Å². The zero-order valence-electron chi connectivity index (χ0n) is 17.8. The number of halogens is 3. The number of benzene rings is 2. The average molecular weight is 474 g/mol. The molecule has 2 heterocycles. The van der Waals surface area contributed by atoms with Crippen molar-refractivity contribution in [2.75, 3.05) is 17.2 Å². The quantitative estimate of drug-likeness (QED) is 0.258. The molecule has 2 aromatic carbocycles. The van der Waals surface area contributed by atoms with E-state index in [-0.39, 0.29) is 28.7 Å². The van der Waals surface area contributed by atoms with Gasteiger partial charge in [-0.1, -0.05) is 37.3 Å². The minimum absolute atomic E-state index is 0.0735. The molecule has 0 aliphatic carbocycles. The fourth-order valence-electron chi connectivity index (χ4n) is 3.33. The van der Waals surface area contributed by atoms with Crippen LogP contribution in [0.5, 0.6) is 0 Å². The van der Waals surface area contributed by atoms with Crippen LogP contribution in [0.2, 0.25) is 0 Å². The standard InChI is InChI=1S/C22H21F3N6O3/c1-13(14-5-3-2-4-6-14)11-26-20-29-18(17-12-27-31(19(17)30-20)22(32,33)34)28-16-9-7-15(8-10-16)21(23,24)25/h2-10,12-13,32-34H,11H2,1H3,(H2,26,28,29,30). The van der Waals surface area contributed by atoms with Gasteiger partial charge in [0, 0.05) is 12.2 Å². The molecule has 2 aromatic heterocycles. The number of nitrogens with zero attached hydrogens (tertiary/aromatic N) is 4. The first kappa shape index (κ1) is 23.4. The van der Waals surface area contributed by atoms with E-state index in [0.717, 1.165) is 17.7 Å². The van der Waals surface area contributed by atoms with Crippen LogP contribution in [-0.2, 0) is 12.3 Å². The Labute approximate surface area is 191 Å². The van der Waals surface area contributed by atoms with Crippen molar-refractivity contribution in [2.24, 2.45) is 0 Å². The van der Waals surface area contributed by atoms with Gasteiger partial charge in [-0.05, 0) is 35.7 Å². The summed E-state index contributed by atoms with van der Waals surface area (Å²) in [6.07, 6.45) is -6.60. The maximum atomic E-state index is 12.9. The second kappa shape index (κ2) is 8.89. The van der Waals surface area contributed by atoms with Gasteiger partial charge in [0.05, 0.1) is 17.1 Å². The van der Waals surface area contributed by atoms with Crippen molar-refractivity contribution >= 4 is 28.5 Å². The van der Waals surface area contributed by atoms with Gasteiger partial charge in [-0.3, -0.25) is 0 Å². The van der Waals surface area contributed by atoms with E-state index in [1.54, 1.807) is 0 Å². The lowest BCUT2D eigenvalue weighted by molar-refractivity contribution is -0.378. The number of fused-ring (bicyclic) bond motifs is 1. The molecule has 0 aliphatic heterocycles. The maximum Gasteiger partial charge on any atom is 0.416 e. The van der Waals surface area contributed by atoms with Gasteiger partial charge in [0.15, 0.2) is 5.65 Å². The Bertz CT molecular complexity index is 1270. The molecule has 0 bridgehead atoms. The Hall–Kier alpha value is -3.74. The van der Waals surface area contributed by atoms with Gasteiger partial charge in [0.2, 0.25) is 5.95 Å². The lowest BCUT2D eigenvalue weighted by Crippen LogP contribution is -2.33. The number of aromatic nitrogens is 4. The third-order valence-electron chi connectivity index (χ3n) is 5.12. The van der Waals surface area contributed by atoms with Crippen LogP contribution in [0.25, 0.3) is 11.0 Å². The third kappa shape index (κ3) is 5.09. The first-order valence-corrected chi connectivity index (χ1v) is 10.2. The summed E-state index contributed by atoms with van der Waals surface area (Å²) < 4.78 is 39.1. The van der Waals surface area contributed by atoms with E-state index in [2.05, 4.69) is 25.7 Å². The lowest BCUT2D eigenvalue weighted by atomic mass is 10.0. The molecule has 0 radical (unpaired) electrons. The summed E-state index contributed by atoms with van der Waals surface area (Å²) >= 11 is 0. The largest absolute Gasteiger partial charge is 0.416 e. The zero-order chi connectivity index (χ0) is 24.5. The highest BCUT2D eigenvalue weighted by Gasteiger charge is 2.30. The fourth-order valence-corrected chi connectivity index (χ4v) is 3.33. The van der Waals surface area contributed by atoms with Gasteiger partial charge >= 0.3 is 12.3 Å². The summed E-state index contributed by atoms with van der Waals surface area (Å²) in [4.78, 5) is 8.60. The van der Waals surface area contributed by atoms with Crippen molar-refractivity contribution in [1.29, 1.82) is 0 Å². The van der Waals surface area contributed by atoms with Crippen molar-refractivity contribution in [3.05, 3.63) is 71.9 Å². The topological polar surface area (TPSA) is 128 Å². The van der Waals surface area contributed by atoms with Crippen LogP contribution in [0.3, 0.4) is 0 Å². The normalized spacial score (nSPS) is 13.1. The van der Waals surface area contributed by atoms with Gasteiger partial charge in [-0.15, -0.1) is 0 Å². The first-order chi connectivity index (χ1) is 16.0. The van der Waals surface area contributed by atoms with E-state index in [1.807, 2.05) is 37.3 Å². The van der Waals surface area contributed by atoms with Crippen LogP contribution < -0.4 is 10.6 Å². The molecule has 0 fully saturated rings. The molecule has 4 aromatic rings. The molecule has 0 saturated heterocycles. The lowest BCUT2D eigenvalue weighted by Gasteiger charge is -2.17. The molecule has 34 heavy (non-hydrogen) atoms. The van der Waals surface area contributed by atoms with Crippen LogP contribution in [-0.4, -0.2) is 41.6 Å². The highest BCUT2D eigenvalue weighted by atomic mass is 19.4. The fraction of sp³-hybridized carbons (Fsp3) is 0.227. The summed E-state index contributed by atoms with van der Waals surface area (Å²) in [5.74, 6) is 0.287. The number of hydrogen-bond donors (Lipinski definition) is 5. The Morgan fingerprint density at radius 3 is 2.26 bits per heavy atom. The summed E-state index contributed by atoms with van der Waals surface area (Å²) in [5, 5.41) is 38.8. The molecule has 178 valence electrons. The number of rotatable bonds is 7. The predicted octanol–water partition coefficient (Wildman–Crippen LogP) is 3.35. The summed E-state index contributed by atoms with van der Waals surface area (Å²) in [5.41, 5.74) is 0.449. The molecule has 0 saturated carbocycles. The molecule has 9 nitrogen and oxygen atoms in total. The molecular weight excluding hydrogens is 453 g/mol. The van der Waals surface area contributed by atoms with Gasteiger partial charge in [-0.2, -0.15) is 32.9 Å². The van der Waals surface area contributed by atoms with Crippen molar-refractivity contribution < 1.29 is 28.5 Å². The summed E-state index contributed by atoms with van der Waals surface area (Å²) in [7, 11) is 0. The van der Waals surface area contributed by atoms with Crippen molar-refractivity contribution in [2.45, 2.75) is 25.1 Å². The molecule has 4 rings (SSSR count). The van der Waals surface area contributed by atoms with E-state index in [1.165, 1.54) is 18.3 Å². The second-order valence-corrected chi connectivity index (χ2v) is 7.68. The van der Waals surface area contributed by atoms with Gasteiger partial charge in [0.25, 0.3) is 0 Å². The third-order valence-corrected chi connectivity index (χ3v) is 5.12. The van der Waals surface area contributed by atoms with Crippen LogP contribution in [0, 0.1) is 0 Å². The zero-order valence-corrected chi connectivity index (χ0v) is 17.8.